The first-order valence-electron chi connectivity index (χ1n) is 9.07. The van der Waals surface area contributed by atoms with Crippen LogP contribution in [0.2, 0.25) is 18.1 Å². The smallest absolute Gasteiger partial charge is 0.194 e. The molecule has 1 unspecified atom stereocenters. The van der Waals surface area contributed by atoms with Crippen molar-refractivity contribution in [3.8, 4) is 11.8 Å². The molecule has 0 heterocycles. The SMILES string of the molecule is COCCOCOC1=CCCCC1(C#C/C=C\Cl)O[Si](C)(C)C(C)(C)C. The van der Waals surface area contributed by atoms with Crippen LogP contribution in [0.4, 0.5) is 0 Å². The van der Waals surface area contributed by atoms with Gasteiger partial charge in [0.25, 0.3) is 0 Å². The Kier molecular flexibility index (Phi) is 9.43. The third-order valence-electron chi connectivity index (χ3n) is 4.85. The first-order valence-corrected chi connectivity index (χ1v) is 12.4. The van der Waals surface area contributed by atoms with Crippen LogP contribution in [0.1, 0.15) is 40.0 Å². The molecule has 0 radical (unpaired) electrons. The molecule has 0 spiro atoms. The highest BCUT2D eigenvalue weighted by Gasteiger charge is 2.47. The Morgan fingerprint density at radius 2 is 2.04 bits per heavy atom. The van der Waals surface area contributed by atoms with Crippen LogP contribution in [0.3, 0.4) is 0 Å². The fraction of sp³-hybridized carbons (Fsp3) is 0.700. The number of methoxy groups -OCH3 is 1. The molecule has 1 atom stereocenters. The van der Waals surface area contributed by atoms with Gasteiger partial charge in [-0.3, -0.25) is 0 Å². The Morgan fingerprint density at radius 3 is 2.65 bits per heavy atom. The molecule has 1 rings (SSSR count). The number of ether oxygens (including phenoxy) is 3. The lowest BCUT2D eigenvalue weighted by Gasteiger charge is -2.45. The molecule has 0 aliphatic heterocycles. The van der Waals surface area contributed by atoms with Crippen molar-refractivity contribution in [2.24, 2.45) is 0 Å². The first kappa shape index (κ1) is 23.3. The van der Waals surface area contributed by atoms with Crippen LogP contribution < -0.4 is 0 Å². The van der Waals surface area contributed by atoms with E-state index >= 15 is 0 Å². The molecule has 0 aromatic carbocycles. The molecule has 148 valence electrons. The van der Waals surface area contributed by atoms with Crippen molar-refractivity contribution in [3.63, 3.8) is 0 Å². The van der Waals surface area contributed by atoms with E-state index < -0.39 is 13.9 Å². The van der Waals surface area contributed by atoms with Crippen LogP contribution >= 0.6 is 11.6 Å². The quantitative estimate of drug-likeness (QED) is 0.242. The maximum absolute atomic E-state index is 6.78. The number of halogens is 1. The van der Waals surface area contributed by atoms with Gasteiger partial charge in [0.05, 0.1) is 13.2 Å². The van der Waals surface area contributed by atoms with E-state index in [0.717, 1.165) is 25.0 Å². The topological polar surface area (TPSA) is 36.9 Å². The number of hydrogen-bond acceptors (Lipinski definition) is 4. The highest BCUT2D eigenvalue weighted by molar-refractivity contribution is 6.74. The third-order valence-corrected chi connectivity index (χ3v) is 9.44. The maximum Gasteiger partial charge on any atom is 0.194 e. The molecule has 26 heavy (non-hydrogen) atoms. The van der Waals surface area contributed by atoms with Crippen LogP contribution in [-0.4, -0.2) is 41.0 Å². The fourth-order valence-electron chi connectivity index (χ4n) is 2.38. The van der Waals surface area contributed by atoms with Crippen molar-refractivity contribution in [2.75, 3.05) is 27.1 Å². The lowest BCUT2D eigenvalue weighted by molar-refractivity contribution is -0.0652. The van der Waals surface area contributed by atoms with Gasteiger partial charge in [0, 0.05) is 12.6 Å². The zero-order chi connectivity index (χ0) is 19.7. The molecule has 1 aliphatic rings. The van der Waals surface area contributed by atoms with Crippen LogP contribution in [0.15, 0.2) is 23.4 Å². The largest absolute Gasteiger partial charge is 0.468 e. The Bertz CT molecular complexity index is 554. The van der Waals surface area contributed by atoms with E-state index in [0.29, 0.717) is 13.2 Å². The molecule has 0 N–H and O–H groups in total. The van der Waals surface area contributed by atoms with Crippen molar-refractivity contribution in [2.45, 2.75) is 63.8 Å². The fourth-order valence-corrected chi connectivity index (χ4v) is 3.88. The Labute approximate surface area is 165 Å². The van der Waals surface area contributed by atoms with Gasteiger partial charge in [-0.25, -0.2) is 0 Å². The summed E-state index contributed by atoms with van der Waals surface area (Å²) in [7, 11) is -0.423. The van der Waals surface area contributed by atoms with Crippen molar-refractivity contribution >= 4 is 19.9 Å². The van der Waals surface area contributed by atoms with E-state index in [4.69, 9.17) is 30.2 Å². The van der Waals surface area contributed by atoms with E-state index in [1.165, 1.54) is 5.54 Å². The number of hydrogen-bond donors (Lipinski definition) is 0. The zero-order valence-electron chi connectivity index (χ0n) is 17.0. The van der Waals surface area contributed by atoms with E-state index in [1.54, 1.807) is 13.2 Å². The van der Waals surface area contributed by atoms with Crippen LogP contribution in [0.5, 0.6) is 0 Å². The second-order valence-electron chi connectivity index (χ2n) is 7.88. The Balaban J connectivity index is 3.06. The second-order valence-corrected chi connectivity index (χ2v) is 12.9. The van der Waals surface area contributed by atoms with Crippen LogP contribution in [0, 0.1) is 11.8 Å². The summed E-state index contributed by atoms with van der Waals surface area (Å²) in [4.78, 5) is 0. The van der Waals surface area contributed by atoms with E-state index in [1.807, 2.05) is 0 Å². The molecule has 0 amide bonds. The lowest BCUT2D eigenvalue weighted by Crippen LogP contribution is -2.51. The van der Waals surface area contributed by atoms with Crippen molar-refractivity contribution < 1.29 is 18.6 Å². The molecular weight excluding hydrogens is 368 g/mol. The maximum atomic E-state index is 6.78. The van der Waals surface area contributed by atoms with E-state index in [-0.39, 0.29) is 11.8 Å². The standard InChI is InChI=1S/C20H33ClO4Si/c1-19(2,3)26(5,6)25-20(13-9-10-14-21)12-8-7-11-18(20)24-17-23-16-15-22-4/h10-11,14H,7-8,12,15-17H2,1-6H3/b14-10-. The molecular formula is C20H33ClO4Si. The van der Waals surface area contributed by atoms with Crippen molar-refractivity contribution in [1.82, 2.24) is 0 Å². The molecule has 0 bridgehead atoms. The minimum atomic E-state index is -2.07. The highest BCUT2D eigenvalue weighted by atomic mass is 35.5. The number of rotatable bonds is 8. The molecule has 0 saturated carbocycles. The normalized spacial score (nSPS) is 21.3. The zero-order valence-corrected chi connectivity index (χ0v) is 18.7. The minimum Gasteiger partial charge on any atom is -0.468 e. The highest BCUT2D eigenvalue weighted by Crippen LogP contribution is 2.43. The second kappa shape index (κ2) is 10.5. The minimum absolute atomic E-state index is 0.0710. The van der Waals surface area contributed by atoms with Crippen molar-refractivity contribution in [1.29, 1.82) is 0 Å². The van der Waals surface area contributed by atoms with Crippen molar-refractivity contribution in [3.05, 3.63) is 23.4 Å². The molecule has 0 fully saturated rings. The van der Waals surface area contributed by atoms with Gasteiger partial charge in [0.1, 0.15) is 5.76 Å². The summed E-state index contributed by atoms with van der Waals surface area (Å²) in [6, 6.07) is 0. The molecule has 0 saturated heterocycles. The summed E-state index contributed by atoms with van der Waals surface area (Å²) >= 11 is 5.65. The predicted molar refractivity (Wildman–Crippen MR) is 109 cm³/mol. The van der Waals surface area contributed by atoms with Crippen LogP contribution in [0.25, 0.3) is 0 Å². The predicted octanol–water partition coefficient (Wildman–Crippen LogP) is 5.21. The van der Waals surface area contributed by atoms with Gasteiger partial charge in [0.2, 0.25) is 0 Å². The third kappa shape index (κ3) is 6.75. The summed E-state index contributed by atoms with van der Waals surface area (Å²) in [6.45, 7) is 12.3. The first-order chi connectivity index (χ1) is 12.2. The summed E-state index contributed by atoms with van der Waals surface area (Å²) in [5, 5.41) is 0.0710. The number of allylic oxidation sites excluding steroid dienone is 2. The summed E-state index contributed by atoms with van der Waals surface area (Å²) in [5.41, 5.74) is 0.663. The lowest BCUT2D eigenvalue weighted by atomic mass is 9.89. The average Bonchev–Trinajstić information content (AvgIpc) is 2.55. The van der Waals surface area contributed by atoms with Crippen LogP contribution in [-0.2, 0) is 18.6 Å². The van der Waals surface area contributed by atoms with Gasteiger partial charge in [-0.05, 0) is 49.5 Å². The van der Waals surface area contributed by atoms with E-state index in [2.05, 4.69) is 51.8 Å². The van der Waals surface area contributed by atoms with Gasteiger partial charge >= 0.3 is 0 Å². The van der Waals surface area contributed by atoms with E-state index in [9.17, 15) is 0 Å². The molecule has 4 nitrogen and oxygen atoms in total. The summed E-state index contributed by atoms with van der Waals surface area (Å²) in [5.74, 6) is 7.05. The van der Waals surface area contributed by atoms with Gasteiger partial charge in [-0.1, -0.05) is 44.2 Å². The molecule has 0 aromatic heterocycles. The Morgan fingerprint density at radius 1 is 1.31 bits per heavy atom. The monoisotopic (exact) mass is 400 g/mol. The Hall–Kier alpha value is -0.773. The summed E-state index contributed by atoms with van der Waals surface area (Å²) in [6.07, 6.45) is 6.45. The molecule has 0 aromatic rings. The van der Waals surface area contributed by atoms with Gasteiger partial charge in [-0.15, -0.1) is 0 Å². The molecule has 6 heteroatoms. The summed E-state index contributed by atoms with van der Waals surface area (Å²) < 4.78 is 23.2. The van der Waals surface area contributed by atoms with Gasteiger partial charge in [0.15, 0.2) is 20.7 Å². The molecule has 1 aliphatic carbocycles. The van der Waals surface area contributed by atoms with Gasteiger partial charge < -0.3 is 18.6 Å². The average molecular weight is 401 g/mol. The van der Waals surface area contributed by atoms with Gasteiger partial charge in [-0.2, -0.15) is 0 Å².